The van der Waals surface area contributed by atoms with Gasteiger partial charge in [0.1, 0.15) is 0 Å². The molecular formula is C22H26N2O3. The average molecular weight is 366 g/mol. The summed E-state index contributed by atoms with van der Waals surface area (Å²) in [6.07, 6.45) is 2.88. The maximum atomic E-state index is 13.1. The first-order valence-corrected chi connectivity index (χ1v) is 9.61. The van der Waals surface area contributed by atoms with Crippen LogP contribution in [-0.4, -0.2) is 44.7 Å². The molecule has 1 atom stereocenters. The fourth-order valence-corrected chi connectivity index (χ4v) is 3.81. The maximum Gasteiger partial charge on any atom is 0.254 e. The summed E-state index contributed by atoms with van der Waals surface area (Å²) in [4.78, 5) is 17.1. The summed E-state index contributed by atoms with van der Waals surface area (Å²) in [5.41, 5.74) is 2.95. The molecule has 1 saturated heterocycles. The van der Waals surface area contributed by atoms with Crippen molar-refractivity contribution in [3.05, 3.63) is 53.6 Å². The first-order valence-electron chi connectivity index (χ1n) is 9.61. The lowest BCUT2D eigenvalue weighted by atomic mass is 10.0. The van der Waals surface area contributed by atoms with Crippen LogP contribution in [0.1, 0.15) is 41.2 Å². The number of rotatable bonds is 3. The van der Waals surface area contributed by atoms with Gasteiger partial charge in [-0.2, -0.15) is 0 Å². The SMILES string of the molecule is CN(C)c1ccc(C(=O)N2CCC[C@@H]2c2ccc3c(c2)OCCCO3)cc1. The van der Waals surface area contributed by atoms with Gasteiger partial charge in [-0.05, 0) is 54.8 Å². The number of amides is 1. The lowest BCUT2D eigenvalue weighted by Crippen LogP contribution is -2.30. The van der Waals surface area contributed by atoms with Gasteiger partial charge in [0.15, 0.2) is 11.5 Å². The third-order valence-electron chi connectivity index (χ3n) is 5.30. The van der Waals surface area contributed by atoms with E-state index < -0.39 is 0 Å². The van der Waals surface area contributed by atoms with E-state index in [1.807, 2.05) is 60.3 Å². The van der Waals surface area contributed by atoms with E-state index in [1.54, 1.807) is 0 Å². The molecule has 5 nitrogen and oxygen atoms in total. The molecule has 0 aromatic heterocycles. The van der Waals surface area contributed by atoms with Crippen molar-refractivity contribution in [2.45, 2.75) is 25.3 Å². The van der Waals surface area contributed by atoms with E-state index >= 15 is 0 Å². The molecule has 2 heterocycles. The van der Waals surface area contributed by atoms with Gasteiger partial charge < -0.3 is 19.3 Å². The zero-order valence-electron chi connectivity index (χ0n) is 16.0. The topological polar surface area (TPSA) is 42.0 Å². The zero-order chi connectivity index (χ0) is 18.8. The molecule has 2 aliphatic rings. The van der Waals surface area contributed by atoms with Gasteiger partial charge in [-0.3, -0.25) is 4.79 Å². The van der Waals surface area contributed by atoms with E-state index in [1.165, 1.54) is 0 Å². The Balaban J connectivity index is 1.57. The smallest absolute Gasteiger partial charge is 0.254 e. The van der Waals surface area contributed by atoms with E-state index in [9.17, 15) is 4.79 Å². The minimum atomic E-state index is 0.0863. The molecule has 0 radical (unpaired) electrons. The van der Waals surface area contributed by atoms with Crippen molar-refractivity contribution >= 4 is 11.6 Å². The number of hydrogen-bond acceptors (Lipinski definition) is 4. The molecule has 0 N–H and O–H groups in total. The third kappa shape index (κ3) is 3.59. The van der Waals surface area contributed by atoms with Crippen molar-refractivity contribution in [3.8, 4) is 11.5 Å². The highest BCUT2D eigenvalue weighted by molar-refractivity contribution is 5.95. The van der Waals surface area contributed by atoms with Crippen LogP contribution in [0.5, 0.6) is 11.5 Å². The number of anilines is 1. The van der Waals surface area contributed by atoms with Gasteiger partial charge in [0.05, 0.1) is 19.3 Å². The molecule has 0 unspecified atom stereocenters. The molecule has 1 amide bonds. The predicted molar refractivity (Wildman–Crippen MR) is 106 cm³/mol. The number of benzene rings is 2. The Kier molecular flexibility index (Phi) is 4.92. The standard InChI is InChI=1S/C22H26N2O3/c1-23(2)18-9-6-16(7-10-18)22(25)24-12-3-5-19(24)17-8-11-20-21(15-17)27-14-4-13-26-20/h6-11,15,19H,3-5,12-14H2,1-2H3/t19-/m1/s1. The molecule has 5 heteroatoms. The second-order valence-electron chi connectivity index (χ2n) is 7.35. The highest BCUT2D eigenvalue weighted by Gasteiger charge is 2.31. The van der Waals surface area contributed by atoms with Crippen molar-refractivity contribution in [2.24, 2.45) is 0 Å². The van der Waals surface area contributed by atoms with Crippen LogP contribution in [0.25, 0.3) is 0 Å². The van der Waals surface area contributed by atoms with Crippen LogP contribution in [0.15, 0.2) is 42.5 Å². The summed E-state index contributed by atoms with van der Waals surface area (Å²) in [6, 6.07) is 14.0. The minimum absolute atomic E-state index is 0.0863. The lowest BCUT2D eigenvalue weighted by molar-refractivity contribution is 0.0735. The Bertz CT molecular complexity index is 817. The molecule has 27 heavy (non-hydrogen) atoms. The van der Waals surface area contributed by atoms with Gasteiger partial charge in [-0.1, -0.05) is 6.07 Å². The number of nitrogens with zero attached hydrogens (tertiary/aromatic N) is 2. The quantitative estimate of drug-likeness (QED) is 0.826. The summed E-state index contributed by atoms with van der Waals surface area (Å²) < 4.78 is 11.6. The maximum absolute atomic E-state index is 13.1. The molecule has 2 aromatic carbocycles. The summed E-state index contributed by atoms with van der Waals surface area (Å²) in [7, 11) is 3.99. The van der Waals surface area contributed by atoms with Gasteiger partial charge in [-0.15, -0.1) is 0 Å². The fourth-order valence-electron chi connectivity index (χ4n) is 3.81. The van der Waals surface area contributed by atoms with E-state index in [4.69, 9.17) is 9.47 Å². The Morgan fingerprint density at radius 1 is 1.00 bits per heavy atom. The monoisotopic (exact) mass is 366 g/mol. The first kappa shape index (κ1) is 17.7. The van der Waals surface area contributed by atoms with E-state index in [0.29, 0.717) is 13.2 Å². The minimum Gasteiger partial charge on any atom is -0.490 e. The number of likely N-dealkylation sites (tertiary alicyclic amines) is 1. The summed E-state index contributed by atoms with van der Waals surface area (Å²) >= 11 is 0. The Morgan fingerprint density at radius 3 is 2.48 bits per heavy atom. The molecule has 2 aliphatic heterocycles. The van der Waals surface area contributed by atoms with E-state index in [0.717, 1.165) is 54.1 Å². The zero-order valence-corrected chi connectivity index (χ0v) is 16.0. The summed E-state index contributed by atoms with van der Waals surface area (Å²) in [5.74, 6) is 1.68. The number of carbonyl (C=O) groups excluding carboxylic acids is 1. The van der Waals surface area contributed by atoms with Crippen molar-refractivity contribution in [3.63, 3.8) is 0 Å². The fraction of sp³-hybridized carbons (Fsp3) is 0.409. The van der Waals surface area contributed by atoms with E-state index in [-0.39, 0.29) is 11.9 Å². The van der Waals surface area contributed by atoms with Gasteiger partial charge in [0.25, 0.3) is 5.91 Å². The second kappa shape index (κ2) is 7.51. The van der Waals surface area contributed by atoms with Crippen LogP contribution in [0.3, 0.4) is 0 Å². The third-order valence-corrected chi connectivity index (χ3v) is 5.30. The normalized spacial score (nSPS) is 18.9. The molecule has 2 aromatic rings. The predicted octanol–water partition coefficient (Wildman–Crippen LogP) is 3.89. The Labute approximate surface area is 160 Å². The number of carbonyl (C=O) groups is 1. The number of hydrogen-bond donors (Lipinski definition) is 0. The largest absolute Gasteiger partial charge is 0.490 e. The Hall–Kier alpha value is -2.69. The molecular weight excluding hydrogens is 340 g/mol. The Morgan fingerprint density at radius 2 is 1.74 bits per heavy atom. The van der Waals surface area contributed by atoms with Gasteiger partial charge >= 0.3 is 0 Å². The average Bonchev–Trinajstić information content (AvgIpc) is 3.06. The highest BCUT2D eigenvalue weighted by Crippen LogP contribution is 2.38. The summed E-state index contributed by atoms with van der Waals surface area (Å²) in [6.45, 7) is 2.14. The van der Waals surface area contributed by atoms with Crippen molar-refractivity contribution in [1.29, 1.82) is 0 Å². The molecule has 0 bridgehead atoms. The van der Waals surface area contributed by atoms with Crippen LogP contribution in [0.2, 0.25) is 0 Å². The van der Waals surface area contributed by atoms with Crippen LogP contribution in [-0.2, 0) is 0 Å². The van der Waals surface area contributed by atoms with Crippen molar-refractivity contribution < 1.29 is 14.3 Å². The van der Waals surface area contributed by atoms with Crippen LogP contribution in [0.4, 0.5) is 5.69 Å². The summed E-state index contributed by atoms with van der Waals surface area (Å²) in [5, 5.41) is 0. The van der Waals surface area contributed by atoms with Crippen molar-refractivity contribution in [1.82, 2.24) is 4.90 Å². The van der Waals surface area contributed by atoms with Crippen LogP contribution in [0, 0.1) is 0 Å². The molecule has 1 fully saturated rings. The molecule has 0 spiro atoms. The molecule has 4 rings (SSSR count). The second-order valence-corrected chi connectivity index (χ2v) is 7.35. The van der Waals surface area contributed by atoms with Gasteiger partial charge in [0.2, 0.25) is 0 Å². The van der Waals surface area contributed by atoms with Gasteiger partial charge in [0, 0.05) is 38.3 Å². The molecule has 0 aliphatic carbocycles. The highest BCUT2D eigenvalue weighted by atomic mass is 16.5. The van der Waals surface area contributed by atoms with E-state index in [2.05, 4.69) is 6.07 Å². The van der Waals surface area contributed by atoms with Gasteiger partial charge in [-0.25, -0.2) is 0 Å². The van der Waals surface area contributed by atoms with Crippen LogP contribution >= 0.6 is 0 Å². The van der Waals surface area contributed by atoms with Crippen molar-refractivity contribution in [2.75, 3.05) is 38.8 Å². The number of ether oxygens (including phenoxy) is 2. The molecule has 0 saturated carbocycles. The van der Waals surface area contributed by atoms with Crippen LogP contribution < -0.4 is 14.4 Å². The first-order chi connectivity index (χ1) is 13.1. The molecule has 142 valence electrons. The lowest BCUT2D eigenvalue weighted by Gasteiger charge is -2.26. The number of fused-ring (bicyclic) bond motifs is 1.